The lowest BCUT2D eigenvalue weighted by molar-refractivity contribution is 0.152. The number of benzene rings is 1. The maximum Gasteiger partial charge on any atom is 0.0244 e. The summed E-state index contributed by atoms with van der Waals surface area (Å²) in [5, 5.41) is 0. The summed E-state index contributed by atoms with van der Waals surface area (Å²) >= 11 is 2.47. The van der Waals surface area contributed by atoms with Gasteiger partial charge in [-0.25, -0.2) is 0 Å². The van der Waals surface area contributed by atoms with Gasteiger partial charge in [0.15, 0.2) is 0 Å². The van der Waals surface area contributed by atoms with Gasteiger partial charge in [0, 0.05) is 16.2 Å². The van der Waals surface area contributed by atoms with Gasteiger partial charge in [0.1, 0.15) is 0 Å². The van der Waals surface area contributed by atoms with Crippen LogP contribution < -0.4 is 0 Å². The third kappa shape index (κ3) is 2.53. The van der Waals surface area contributed by atoms with Crippen LogP contribution in [0.5, 0.6) is 0 Å². The van der Waals surface area contributed by atoms with Gasteiger partial charge in [-0.05, 0) is 60.5 Å². The third-order valence-electron chi connectivity index (χ3n) is 3.39. The smallest absolute Gasteiger partial charge is 0.0244 e. The van der Waals surface area contributed by atoms with Gasteiger partial charge in [0.25, 0.3) is 0 Å². The van der Waals surface area contributed by atoms with Crippen molar-refractivity contribution in [1.82, 2.24) is 4.90 Å². The van der Waals surface area contributed by atoms with Gasteiger partial charge in [-0.3, -0.25) is 4.90 Å². The maximum absolute atomic E-state index is 2.50. The zero-order valence-electron chi connectivity index (χ0n) is 9.46. The molecule has 0 N–H and O–H groups in total. The minimum absolute atomic E-state index is 0.835. The maximum atomic E-state index is 2.50. The van der Waals surface area contributed by atoms with E-state index in [0.717, 1.165) is 12.6 Å². The second-order valence-corrected chi connectivity index (χ2v) is 5.63. The van der Waals surface area contributed by atoms with E-state index in [1.54, 1.807) is 0 Å². The molecule has 0 atom stereocenters. The van der Waals surface area contributed by atoms with E-state index in [1.807, 2.05) is 0 Å². The predicted octanol–water partition coefficient (Wildman–Crippen LogP) is 3.58. The molecule has 0 radical (unpaired) electrons. The van der Waals surface area contributed by atoms with Crippen molar-refractivity contribution < 1.29 is 0 Å². The first kappa shape index (κ1) is 11.4. The summed E-state index contributed by atoms with van der Waals surface area (Å²) < 4.78 is 1.43. The van der Waals surface area contributed by atoms with E-state index < -0.39 is 0 Å². The quantitative estimate of drug-likeness (QED) is 0.771. The number of halogens is 1. The lowest BCUT2D eigenvalue weighted by atomic mass is 9.91. The Hall–Kier alpha value is -0.0900. The van der Waals surface area contributed by atoms with Crippen molar-refractivity contribution in [2.24, 2.45) is 0 Å². The molecule has 1 aliphatic rings. The molecule has 0 unspecified atom stereocenters. The molecule has 1 aromatic carbocycles. The van der Waals surface area contributed by atoms with Crippen LogP contribution in [0.15, 0.2) is 18.2 Å². The average molecular weight is 315 g/mol. The normalized spacial score (nSPS) is 16.8. The minimum atomic E-state index is 0.835. The Morgan fingerprint density at radius 2 is 2.13 bits per heavy atom. The highest BCUT2D eigenvalue weighted by Crippen LogP contribution is 2.26. The molecule has 1 nitrogen and oxygen atoms in total. The molecule has 0 amide bonds. The Balaban J connectivity index is 2.06. The molecule has 1 fully saturated rings. The van der Waals surface area contributed by atoms with Crippen molar-refractivity contribution in [2.75, 3.05) is 7.05 Å². The van der Waals surface area contributed by atoms with E-state index in [4.69, 9.17) is 0 Å². The second kappa shape index (κ2) is 4.83. The van der Waals surface area contributed by atoms with Crippen LogP contribution in [0.4, 0.5) is 0 Å². The van der Waals surface area contributed by atoms with Gasteiger partial charge in [0.05, 0.1) is 0 Å². The van der Waals surface area contributed by atoms with Crippen molar-refractivity contribution in [3.63, 3.8) is 0 Å². The minimum Gasteiger partial charge on any atom is -0.299 e. The second-order valence-electron chi connectivity index (χ2n) is 4.55. The van der Waals surface area contributed by atoms with Gasteiger partial charge < -0.3 is 0 Å². The van der Waals surface area contributed by atoms with Crippen LogP contribution in [0.3, 0.4) is 0 Å². The molecule has 15 heavy (non-hydrogen) atoms. The molecule has 82 valence electrons. The number of rotatable bonds is 3. The van der Waals surface area contributed by atoms with Crippen molar-refractivity contribution in [2.45, 2.75) is 38.8 Å². The molecule has 0 bridgehead atoms. The molecule has 0 aromatic heterocycles. The van der Waals surface area contributed by atoms with Gasteiger partial charge >= 0.3 is 0 Å². The highest BCUT2D eigenvalue weighted by atomic mass is 127. The molecule has 2 heteroatoms. The van der Waals surface area contributed by atoms with Gasteiger partial charge in [-0.2, -0.15) is 0 Å². The Kier molecular flexibility index (Phi) is 3.67. The SMILES string of the molecule is Cc1cccc(CN(C)C2CCC2)c1I. The standard InChI is InChI=1S/C13H18IN/c1-10-5-3-6-11(13(10)14)9-15(2)12-7-4-8-12/h3,5-6,12H,4,7-9H2,1-2H3. The van der Waals surface area contributed by atoms with Gasteiger partial charge in [-0.1, -0.05) is 24.6 Å². The Labute approximate surface area is 106 Å². The molecule has 0 spiro atoms. The first-order valence-corrected chi connectivity index (χ1v) is 6.70. The Morgan fingerprint density at radius 3 is 2.73 bits per heavy atom. The molecule has 1 saturated carbocycles. The molecule has 1 aliphatic carbocycles. The summed E-state index contributed by atoms with van der Waals surface area (Å²) in [7, 11) is 2.25. The van der Waals surface area contributed by atoms with Crippen LogP contribution in [-0.4, -0.2) is 18.0 Å². The first-order valence-electron chi connectivity index (χ1n) is 5.62. The predicted molar refractivity (Wildman–Crippen MR) is 73.0 cm³/mol. The fourth-order valence-electron chi connectivity index (χ4n) is 2.06. The zero-order chi connectivity index (χ0) is 10.8. The molecular formula is C13H18IN. The van der Waals surface area contributed by atoms with E-state index in [2.05, 4.69) is 59.7 Å². The van der Waals surface area contributed by atoms with Crippen LogP contribution in [-0.2, 0) is 6.54 Å². The van der Waals surface area contributed by atoms with Crippen molar-refractivity contribution in [3.05, 3.63) is 32.9 Å². The van der Waals surface area contributed by atoms with Crippen molar-refractivity contribution in [3.8, 4) is 0 Å². The topological polar surface area (TPSA) is 3.24 Å². The van der Waals surface area contributed by atoms with E-state index in [0.29, 0.717) is 0 Å². The summed E-state index contributed by atoms with van der Waals surface area (Å²) in [5.41, 5.74) is 2.88. The highest BCUT2D eigenvalue weighted by Gasteiger charge is 2.22. The van der Waals surface area contributed by atoms with Crippen molar-refractivity contribution >= 4 is 22.6 Å². The largest absolute Gasteiger partial charge is 0.299 e. The summed E-state index contributed by atoms with van der Waals surface area (Å²) in [4.78, 5) is 2.50. The van der Waals surface area contributed by atoms with E-state index in [9.17, 15) is 0 Å². The molecule has 1 aromatic rings. The van der Waals surface area contributed by atoms with Crippen LogP contribution >= 0.6 is 22.6 Å². The average Bonchev–Trinajstić information content (AvgIpc) is 2.10. The third-order valence-corrected chi connectivity index (χ3v) is 4.93. The molecule has 2 rings (SSSR count). The number of hydrogen-bond donors (Lipinski definition) is 0. The van der Waals surface area contributed by atoms with Crippen LogP contribution in [0, 0.1) is 10.5 Å². The molecule has 0 heterocycles. The Morgan fingerprint density at radius 1 is 1.40 bits per heavy atom. The number of aryl methyl sites for hydroxylation is 1. The molecule has 0 aliphatic heterocycles. The summed E-state index contributed by atoms with van der Waals surface area (Å²) in [6.45, 7) is 3.29. The van der Waals surface area contributed by atoms with Crippen LogP contribution in [0.2, 0.25) is 0 Å². The molecule has 0 saturated heterocycles. The van der Waals surface area contributed by atoms with Crippen molar-refractivity contribution in [1.29, 1.82) is 0 Å². The van der Waals surface area contributed by atoms with E-state index >= 15 is 0 Å². The lowest BCUT2D eigenvalue weighted by Gasteiger charge is -2.35. The summed E-state index contributed by atoms with van der Waals surface area (Å²) in [5.74, 6) is 0. The van der Waals surface area contributed by atoms with Gasteiger partial charge in [-0.15, -0.1) is 0 Å². The van der Waals surface area contributed by atoms with E-state index in [1.165, 1.54) is 34.0 Å². The highest BCUT2D eigenvalue weighted by molar-refractivity contribution is 14.1. The van der Waals surface area contributed by atoms with Crippen LogP contribution in [0.25, 0.3) is 0 Å². The van der Waals surface area contributed by atoms with E-state index in [-0.39, 0.29) is 0 Å². The molecular weight excluding hydrogens is 297 g/mol. The van der Waals surface area contributed by atoms with Crippen LogP contribution in [0.1, 0.15) is 30.4 Å². The fraction of sp³-hybridized carbons (Fsp3) is 0.538. The van der Waals surface area contributed by atoms with Gasteiger partial charge in [0.2, 0.25) is 0 Å². The Bertz CT molecular complexity index is 344. The summed E-state index contributed by atoms with van der Waals surface area (Å²) in [6.07, 6.45) is 4.19. The lowest BCUT2D eigenvalue weighted by Crippen LogP contribution is -2.36. The number of hydrogen-bond acceptors (Lipinski definition) is 1. The number of nitrogens with zero attached hydrogens (tertiary/aromatic N) is 1. The summed E-state index contributed by atoms with van der Waals surface area (Å²) in [6, 6.07) is 7.45. The monoisotopic (exact) mass is 315 g/mol. The zero-order valence-corrected chi connectivity index (χ0v) is 11.6. The first-order chi connectivity index (χ1) is 7.18. The fourth-order valence-corrected chi connectivity index (χ4v) is 2.59.